The number of hydrogen-bond donors (Lipinski definition) is 0. The van der Waals surface area contributed by atoms with E-state index in [4.69, 9.17) is 14.2 Å². The van der Waals surface area contributed by atoms with E-state index in [0.717, 1.165) is 106 Å². The summed E-state index contributed by atoms with van der Waals surface area (Å²) >= 11 is 0. The average Bonchev–Trinajstić information content (AvgIpc) is 3.50. The zero-order valence-electron chi connectivity index (χ0n) is 32.1. The van der Waals surface area contributed by atoms with Crippen LogP contribution in [-0.2, 0) is 47.5 Å². The number of methoxy groups -OCH3 is 2. The Hall–Kier alpha value is -4.52. The largest absolute Gasteiger partial charge is 0.465 e. The standard InChI is InChI=1S/C46H52O7/c1-7-11-19-29-31-25-35-36(26-32(31)30(20-12-8-2)38(42(48)52-6)37(29)41(47)51-5)46(22-14-10-4)34-24-28-18-16-15-17-27(28)23-33(34)45(35,21-13-9-3)39-40(46)44(50)53-43(39)49/h15-18,23-26,39-40H,7-14,19-22H2,1-6H3/t39-,40+,45?,46?. The van der Waals surface area contributed by atoms with Crippen LogP contribution >= 0.6 is 0 Å². The first-order valence-electron chi connectivity index (χ1n) is 19.8. The van der Waals surface area contributed by atoms with Gasteiger partial charge in [0.2, 0.25) is 0 Å². The minimum Gasteiger partial charge on any atom is -0.465 e. The third kappa shape index (κ3) is 5.27. The lowest BCUT2D eigenvalue weighted by molar-refractivity contribution is -0.154. The maximum absolute atomic E-state index is 14.3. The molecular weight excluding hydrogens is 664 g/mol. The van der Waals surface area contributed by atoms with Gasteiger partial charge in [-0.1, -0.05) is 90.5 Å². The van der Waals surface area contributed by atoms with Gasteiger partial charge in [-0.15, -0.1) is 0 Å². The summed E-state index contributed by atoms with van der Waals surface area (Å²) in [6.07, 6.45) is 9.32. The minimum absolute atomic E-state index is 0.273. The number of ether oxygens (including phenoxy) is 3. The van der Waals surface area contributed by atoms with Crippen molar-refractivity contribution < 1.29 is 33.4 Å². The van der Waals surface area contributed by atoms with E-state index in [1.807, 2.05) is 12.1 Å². The van der Waals surface area contributed by atoms with Crippen molar-refractivity contribution in [2.45, 2.75) is 116 Å². The van der Waals surface area contributed by atoms with Gasteiger partial charge >= 0.3 is 23.9 Å². The summed E-state index contributed by atoms with van der Waals surface area (Å²) in [6, 6.07) is 17.4. The lowest BCUT2D eigenvalue weighted by Crippen LogP contribution is -2.61. The maximum Gasteiger partial charge on any atom is 0.339 e. The lowest BCUT2D eigenvalue weighted by atomic mass is 9.39. The predicted molar refractivity (Wildman–Crippen MR) is 206 cm³/mol. The Morgan fingerprint density at radius 2 is 0.981 bits per heavy atom. The molecule has 53 heavy (non-hydrogen) atoms. The summed E-state index contributed by atoms with van der Waals surface area (Å²) in [5, 5.41) is 4.00. The minimum atomic E-state index is -0.834. The van der Waals surface area contributed by atoms with Gasteiger partial charge in [0, 0.05) is 10.8 Å². The van der Waals surface area contributed by atoms with Crippen molar-refractivity contribution in [2.75, 3.05) is 14.2 Å². The van der Waals surface area contributed by atoms with Crippen LogP contribution in [-0.4, -0.2) is 38.1 Å². The van der Waals surface area contributed by atoms with Gasteiger partial charge in [-0.2, -0.15) is 0 Å². The van der Waals surface area contributed by atoms with Crippen LogP contribution in [0.4, 0.5) is 0 Å². The number of carbonyl (C=O) groups excluding carboxylic acids is 4. The number of esters is 4. The molecule has 8 rings (SSSR count). The van der Waals surface area contributed by atoms with Crippen molar-refractivity contribution in [1.29, 1.82) is 0 Å². The van der Waals surface area contributed by atoms with Gasteiger partial charge in [0.05, 0.1) is 37.2 Å². The molecule has 1 heterocycles. The van der Waals surface area contributed by atoms with Crippen molar-refractivity contribution in [3.8, 4) is 0 Å². The molecule has 1 aliphatic heterocycles. The van der Waals surface area contributed by atoms with Gasteiger partial charge in [0.1, 0.15) is 0 Å². The molecule has 1 fully saturated rings. The van der Waals surface area contributed by atoms with Crippen LogP contribution in [0.1, 0.15) is 146 Å². The Morgan fingerprint density at radius 3 is 1.34 bits per heavy atom. The highest BCUT2D eigenvalue weighted by atomic mass is 16.6. The molecule has 0 saturated carbocycles. The molecule has 2 unspecified atom stereocenters. The molecule has 4 aromatic carbocycles. The molecule has 0 spiro atoms. The van der Waals surface area contributed by atoms with Crippen LogP contribution < -0.4 is 0 Å². The van der Waals surface area contributed by atoms with E-state index in [9.17, 15) is 19.2 Å². The predicted octanol–water partition coefficient (Wildman–Crippen LogP) is 9.85. The van der Waals surface area contributed by atoms with Crippen LogP contribution in [0.15, 0.2) is 48.5 Å². The fraction of sp³-hybridized carbons (Fsp3) is 0.478. The number of fused-ring (bicyclic) bond motifs is 2. The summed E-state index contributed by atoms with van der Waals surface area (Å²) < 4.78 is 16.6. The highest BCUT2D eigenvalue weighted by Crippen LogP contribution is 2.70. The van der Waals surface area contributed by atoms with E-state index < -0.39 is 46.5 Å². The molecule has 0 aromatic heterocycles. The smallest absolute Gasteiger partial charge is 0.339 e. The zero-order chi connectivity index (χ0) is 37.7. The summed E-state index contributed by atoms with van der Waals surface area (Å²) in [4.78, 5) is 56.4. The number of aryl methyl sites for hydroxylation is 2. The molecule has 4 atom stereocenters. The van der Waals surface area contributed by atoms with E-state index in [0.29, 0.717) is 25.7 Å². The topological polar surface area (TPSA) is 96.0 Å². The van der Waals surface area contributed by atoms with E-state index in [2.05, 4.69) is 64.1 Å². The van der Waals surface area contributed by atoms with E-state index >= 15 is 0 Å². The zero-order valence-corrected chi connectivity index (χ0v) is 32.1. The fourth-order valence-corrected chi connectivity index (χ4v) is 10.5. The molecular formula is C46H52O7. The first-order chi connectivity index (χ1) is 25.7. The van der Waals surface area contributed by atoms with Crippen LogP contribution in [0.25, 0.3) is 21.5 Å². The number of rotatable bonds is 14. The average molecular weight is 717 g/mol. The highest BCUT2D eigenvalue weighted by Gasteiger charge is 2.72. The quantitative estimate of drug-likeness (QED) is 0.0728. The number of benzene rings is 4. The fourth-order valence-electron chi connectivity index (χ4n) is 10.5. The highest BCUT2D eigenvalue weighted by molar-refractivity contribution is 6.12. The van der Waals surface area contributed by atoms with Crippen LogP contribution in [0.5, 0.6) is 0 Å². The van der Waals surface area contributed by atoms with Gasteiger partial charge in [-0.3, -0.25) is 9.59 Å². The first-order valence-corrected chi connectivity index (χ1v) is 19.8. The summed E-state index contributed by atoms with van der Waals surface area (Å²) in [6.45, 7) is 8.54. The second-order valence-electron chi connectivity index (χ2n) is 15.4. The van der Waals surface area contributed by atoms with Crippen molar-refractivity contribution in [1.82, 2.24) is 0 Å². The molecule has 7 nitrogen and oxygen atoms in total. The Labute approximate surface area is 312 Å². The molecule has 7 heteroatoms. The molecule has 0 amide bonds. The van der Waals surface area contributed by atoms with Crippen molar-refractivity contribution in [3.63, 3.8) is 0 Å². The van der Waals surface area contributed by atoms with Gasteiger partial charge in [-0.25, -0.2) is 9.59 Å². The molecule has 4 aliphatic rings. The van der Waals surface area contributed by atoms with E-state index in [1.54, 1.807) is 0 Å². The second kappa shape index (κ2) is 14.4. The number of carbonyl (C=O) groups is 4. The van der Waals surface area contributed by atoms with Gasteiger partial charge in [0.25, 0.3) is 0 Å². The molecule has 1 saturated heterocycles. The summed E-state index contributed by atoms with van der Waals surface area (Å²) in [5.74, 6) is -3.34. The van der Waals surface area contributed by atoms with Crippen molar-refractivity contribution >= 4 is 45.4 Å². The van der Waals surface area contributed by atoms with Crippen molar-refractivity contribution in [2.24, 2.45) is 11.8 Å². The number of hydrogen-bond acceptors (Lipinski definition) is 7. The Bertz CT molecular complexity index is 2000. The van der Waals surface area contributed by atoms with E-state index in [1.165, 1.54) is 14.2 Å². The molecule has 0 radical (unpaired) electrons. The Balaban J connectivity index is 1.73. The second-order valence-corrected chi connectivity index (χ2v) is 15.4. The van der Waals surface area contributed by atoms with Gasteiger partial charge in [-0.05, 0) is 118 Å². The first kappa shape index (κ1) is 36.8. The third-order valence-electron chi connectivity index (χ3n) is 12.8. The van der Waals surface area contributed by atoms with E-state index in [-0.39, 0.29) is 11.1 Å². The SMILES string of the molecule is CCCCc1c(C(=O)OC)c(C(=O)OC)c(CCCC)c2cc3c(cc12)C1(CCCC)c2cc4ccccc4cc2C3(CCCC)[C@H]2C(=O)OC(=O)[C@H]21. The summed E-state index contributed by atoms with van der Waals surface area (Å²) in [7, 11) is 2.71. The monoisotopic (exact) mass is 716 g/mol. The molecule has 278 valence electrons. The van der Waals surface area contributed by atoms with Crippen LogP contribution in [0.3, 0.4) is 0 Å². The lowest BCUT2D eigenvalue weighted by Gasteiger charge is -2.60. The van der Waals surface area contributed by atoms with Crippen LogP contribution in [0.2, 0.25) is 0 Å². The molecule has 3 aliphatic carbocycles. The maximum atomic E-state index is 14.3. The normalized spacial score (nSPS) is 22.5. The molecule has 4 aromatic rings. The van der Waals surface area contributed by atoms with Crippen molar-refractivity contribution in [3.05, 3.63) is 93.0 Å². The number of unbranched alkanes of at least 4 members (excludes halogenated alkanes) is 4. The number of cyclic esters (lactones) is 2. The Kier molecular flexibility index (Phi) is 9.99. The van der Waals surface area contributed by atoms with Gasteiger partial charge in [0.15, 0.2) is 0 Å². The van der Waals surface area contributed by atoms with Gasteiger partial charge < -0.3 is 14.2 Å². The summed E-state index contributed by atoms with van der Waals surface area (Å²) in [5.41, 5.74) is 4.74. The molecule has 2 bridgehead atoms. The third-order valence-corrected chi connectivity index (χ3v) is 12.8. The van der Waals surface area contributed by atoms with Crippen LogP contribution in [0, 0.1) is 11.8 Å². The Morgan fingerprint density at radius 1 is 0.604 bits per heavy atom. The molecule has 0 N–H and O–H groups in total.